The fourth-order valence-corrected chi connectivity index (χ4v) is 2.47. The summed E-state index contributed by atoms with van der Waals surface area (Å²) >= 11 is 3.35. The Hall–Kier alpha value is -1.60. The zero-order valence-corrected chi connectivity index (χ0v) is 13.0. The molecule has 0 spiro atoms. The number of rotatable bonds is 4. The van der Waals surface area contributed by atoms with Gasteiger partial charge < -0.3 is 20.8 Å². The minimum Gasteiger partial charge on any atom is -0.480 e. The molecule has 0 unspecified atom stereocenters. The topological polar surface area (TPSA) is 98.7 Å². The van der Waals surface area contributed by atoms with E-state index in [1.807, 2.05) is 26.0 Å². The molecule has 2 atom stereocenters. The molecule has 2 amide bonds. The monoisotopic (exact) mass is 344 g/mol. The molecule has 0 saturated carbocycles. The summed E-state index contributed by atoms with van der Waals surface area (Å²) in [6.45, 7) is 4.96. The van der Waals surface area contributed by atoms with Crippen molar-refractivity contribution in [1.29, 1.82) is 0 Å². The van der Waals surface area contributed by atoms with E-state index in [4.69, 9.17) is 5.11 Å². The Morgan fingerprint density at radius 2 is 1.75 bits per heavy atom. The summed E-state index contributed by atoms with van der Waals surface area (Å²) < 4.78 is 0.894. The highest BCUT2D eigenvalue weighted by atomic mass is 79.9. The van der Waals surface area contributed by atoms with Crippen molar-refractivity contribution in [3.05, 3.63) is 27.7 Å². The summed E-state index contributed by atoms with van der Waals surface area (Å²) in [5.41, 5.74) is 2.30. The average molecular weight is 345 g/mol. The molecule has 6 nitrogen and oxygen atoms in total. The Bertz CT molecular complexity index is 508. The van der Waals surface area contributed by atoms with Crippen LogP contribution >= 0.6 is 15.9 Å². The zero-order valence-electron chi connectivity index (χ0n) is 11.4. The number of aliphatic hydroxyl groups excluding tert-OH is 1. The lowest BCUT2D eigenvalue weighted by Gasteiger charge is -2.19. The molecule has 4 N–H and O–H groups in total. The summed E-state index contributed by atoms with van der Waals surface area (Å²) in [7, 11) is 0. The van der Waals surface area contributed by atoms with E-state index in [2.05, 4.69) is 26.6 Å². The van der Waals surface area contributed by atoms with E-state index >= 15 is 0 Å². The van der Waals surface area contributed by atoms with Gasteiger partial charge in [-0.05, 0) is 44.0 Å². The van der Waals surface area contributed by atoms with Gasteiger partial charge in [0.05, 0.1) is 6.10 Å². The number of aliphatic hydroxyl groups is 1. The lowest BCUT2D eigenvalue weighted by atomic mass is 10.1. The largest absolute Gasteiger partial charge is 0.480 e. The number of carboxylic acids is 1. The SMILES string of the molecule is Cc1cc(Br)cc(C)c1NC(=O)N[C@H](C(=O)O)[C@@H](C)O. The summed E-state index contributed by atoms with van der Waals surface area (Å²) in [5.74, 6) is -1.29. The van der Waals surface area contributed by atoms with E-state index in [0.717, 1.165) is 15.6 Å². The van der Waals surface area contributed by atoms with Crippen LogP contribution < -0.4 is 10.6 Å². The van der Waals surface area contributed by atoms with Crippen molar-refractivity contribution < 1.29 is 19.8 Å². The summed E-state index contributed by atoms with van der Waals surface area (Å²) in [5, 5.41) is 23.0. The first kappa shape index (κ1) is 16.5. The van der Waals surface area contributed by atoms with Gasteiger partial charge in [-0.3, -0.25) is 0 Å². The number of aryl methyl sites for hydroxylation is 2. The van der Waals surface area contributed by atoms with Crippen molar-refractivity contribution in [2.75, 3.05) is 5.32 Å². The van der Waals surface area contributed by atoms with E-state index in [9.17, 15) is 14.7 Å². The van der Waals surface area contributed by atoms with Gasteiger partial charge in [-0.2, -0.15) is 0 Å². The third-order valence-corrected chi connectivity index (χ3v) is 3.23. The number of benzene rings is 1. The Labute approximate surface area is 125 Å². The molecule has 0 radical (unpaired) electrons. The highest BCUT2D eigenvalue weighted by molar-refractivity contribution is 9.10. The first-order valence-corrected chi connectivity index (χ1v) is 6.76. The van der Waals surface area contributed by atoms with Crippen molar-refractivity contribution >= 4 is 33.6 Å². The van der Waals surface area contributed by atoms with Gasteiger partial charge in [0.25, 0.3) is 0 Å². The number of aliphatic carboxylic acids is 1. The minimum absolute atomic E-state index is 0.612. The number of hydrogen-bond donors (Lipinski definition) is 4. The number of carboxylic acid groups (broad SMARTS) is 1. The number of carbonyl (C=O) groups is 2. The molecule has 20 heavy (non-hydrogen) atoms. The molecule has 0 aromatic heterocycles. The fraction of sp³-hybridized carbons (Fsp3) is 0.385. The number of hydrogen-bond acceptors (Lipinski definition) is 3. The number of anilines is 1. The molecule has 0 aliphatic carbocycles. The Balaban J connectivity index is 2.84. The van der Waals surface area contributed by atoms with Crippen molar-refractivity contribution in [1.82, 2.24) is 5.32 Å². The van der Waals surface area contributed by atoms with Gasteiger partial charge in [-0.15, -0.1) is 0 Å². The van der Waals surface area contributed by atoms with Crippen LogP contribution in [0.3, 0.4) is 0 Å². The van der Waals surface area contributed by atoms with Crippen LogP contribution in [-0.4, -0.2) is 34.4 Å². The first-order chi connectivity index (χ1) is 9.22. The second-order valence-corrected chi connectivity index (χ2v) is 5.49. The van der Waals surface area contributed by atoms with Gasteiger partial charge in [0, 0.05) is 10.2 Å². The van der Waals surface area contributed by atoms with E-state index in [1.54, 1.807) is 0 Å². The smallest absolute Gasteiger partial charge is 0.328 e. The van der Waals surface area contributed by atoms with Crippen LogP contribution in [0.15, 0.2) is 16.6 Å². The lowest BCUT2D eigenvalue weighted by Crippen LogP contribution is -2.49. The predicted octanol–water partition coefficient (Wildman–Crippen LogP) is 2.02. The highest BCUT2D eigenvalue weighted by Gasteiger charge is 2.25. The van der Waals surface area contributed by atoms with Crippen molar-refractivity contribution in [3.8, 4) is 0 Å². The molecule has 1 aromatic rings. The van der Waals surface area contributed by atoms with E-state index in [0.29, 0.717) is 5.69 Å². The number of halogens is 1. The van der Waals surface area contributed by atoms with Crippen LogP contribution in [0.4, 0.5) is 10.5 Å². The number of carbonyl (C=O) groups excluding carboxylic acids is 1. The molecule has 1 rings (SSSR count). The van der Waals surface area contributed by atoms with Crippen molar-refractivity contribution in [2.45, 2.75) is 32.9 Å². The quantitative estimate of drug-likeness (QED) is 0.671. The fourth-order valence-electron chi connectivity index (χ4n) is 1.79. The van der Waals surface area contributed by atoms with Crippen LogP contribution in [0, 0.1) is 13.8 Å². The normalized spacial score (nSPS) is 13.4. The number of urea groups is 1. The van der Waals surface area contributed by atoms with Crippen molar-refractivity contribution in [3.63, 3.8) is 0 Å². The summed E-state index contributed by atoms with van der Waals surface area (Å²) in [6, 6.07) is 1.65. The molecular formula is C13H17BrN2O4. The molecule has 110 valence electrons. The molecule has 0 aliphatic rings. The van der Waals surface area contributed by atoms with Gasteiger partial charge in [0.15, 0.2) is 6.04 Å². The Kier molecular flexibility index (Phi) is 5.52. The van der Waals surface area contributed by atoms with Crippen LogP contribution in [0.1, 0.15) is 18.1 Å². The van der Waals surface area contributed by atoms with Crippen LogP contribution in [0.2, 0.25) is 0 Å². The Morgan fingerprint density at radius 3 is 2.15 bits per heavy atom. The summed E-state index contributed by atoms with van der Waals surface area (Å²) in [4.78, 5) is 22.7. The Morgan fingerprint density at radius 1 is 1.25 bits per heavy atom. The van der Waals surface area contributed by atoms with Crippen LogP contribution in [0.25, 0.3) is 0 Å². The second kappa shape index (κ2) is 6.71. The predicted molar refractivity (Wildman–Crippen MR) is 78.9 cm³/mol. The molecule has 0 saturated heterocycles. The van der Waals surface area contributed by atoms with Crippen molar-refractivity contribution in [2.24, 2.45) is 0 Å². The zero-order chi connectivity index (χ0) is 15.4. The maximum Gasteiger partial charge on any atom is 0.328 e. The summed E-state index contributed by atoms with van der Waals surface area (Å²) in [6.07, 6.45) is -1.19. The van der Waals surface area contributed by atoms with E-state index < -0.39 is 24.1 Å². The molecule has 0 aliphatic heterocycles. The molecule has 0 bridgehead atoms. The standard InChI is InChI=1S/C13H17BrN2O4/c1-6-4-9(14)5-7(2)10(6)15-13(20)16-11(8(3)17)12(18)19/h4-5,8,11,17H,1-3H3,(H,18,19)(H2,15,16,20)/t8-,11+/m1/s1. The molecule has 1 aromatic carbocycles. The van der Waals surface area contributed by atoms with Gasteiger partial charge in [0.2, 0.25) is 0 Å². The van der Waals surface area contributed by atoms with Crippen LogP contribution in [-0.2, 0) is 4.79 Å². The van der Waals surface area contributed by atoms with E-state index in [1.165, 1.54) is 6.92 Å². The number of amides is 2. The average Bonchev–Trinajstić information content (AvgIpc) is 2.29. The van der Waals surface area contributed by atoms with Gasteiger partial charge in [-0.25, -0.2) is 9.59 Å². The van der Waals surface area contributed by atoms with Gasteiger partial charge >= 0.3 is 12.0 Å². The molecule has 0 heterocycles. The third-order valence-electron chi connectivity index (χ3n) is 2.77. The maximum absolute atomic E-state index is 11.8. The van der Waals surface area contributed by atoms with E-state index in [-0.39, 0.29) is 0 Å². The molecular weight excluding hydrogens is 328 g/mol. The maximum atomic E-state index is 11.8. The minimum atomic E-state index is -1.36. The first-order valence-electron chi connectivity index (χ1n) is 5.97. The van der Waals surface area contributed by atoms with Gasteiger partial charge in [0.1, 0.15) is 0 Å². The number of nitrogens with one attached hydrogen (secondary N) is 2. The highest BCUT2D eigenvalue weighted by Crippen LogP contribution is 2.24. The third kappa shape index (κ3) is 4.21. The molecule has 0 fully saturated rings. The second-order valence-electron chi connectivity index (χ2n) is 4.57. The van der Waals surface area contributed by atoms with Crippen LogP contribution in [0.5, 0.6) is 0 Å². The lowest BCUT2D eigenvalue weighted by molar-refractivity contribution is -0.141. The van der Waals surface area contributed by atoms with Gasteiger partial charge in [-0.1, -0.05) is 15.9 Å². The molecule has 7 heteroatoms.